The number of benzene rings is 7. The maximum absolute atomic E-state index is 12.3. The van der Waals surface area contributed by atoms with Crippen molar-refractivity contribution in [2.24, 2.45) is 22.7 Å². The molecule has 18 heteroatoms. The lowest BCUT2D eigenvalue weighted by molar-refractivity contribution is -0.168. The molecule has 7 rings (SSSR count). The summed E-state index contributed by atoms with van der Waals surface area (Å²) < 4.78 is 45.3. The third-order valence-electron chi connectivity index (χ3n) is 20.0. The zero-order valence-electron chi connectivity index (χ0n) is 69.7. The van der Waals surface area contributed by atoms with Gasteiger partial charge in [-0.1, -0.05) is 203 Å². The average Bonchev–Trinajstić information content (AvgIpc) is 0.838. The number of hydrogen-bond acceptors (Lipinski definition) is 18. The van der Waals surface area contributed by atoms with E-state index in [1.165, 1.54) is 52.2 Å². The topological polar surface area (TPSA) is 243 Å². The van der Waals surface area contributed by atoms with Gasteiger partial charge in [-0.25, -0.2) is 14.4 Å². The standard InChI is InChI=1S/C29H34O4.C21H26O4.C15H22O2.C12H16O2.C8H14O4.C7H14O2/c1-21(23-12-16-26(30)17-13-23)10-11-22(2)24-14-18-27(19-15-24)32-20-28(31)33-29(3,4)25-8-6-5-7-9-25;1-4-16(18-10-5-7-11-19(18)22)13-15(2)17-9-6-8-12-20(17)25-14-21(23)24-3;1-6-14(2,3)13(16)17-15(4,5)12-10-8-7-9-11-12;1-4-9(2)10-5-7-11(8-6-10)12(13)14-3;1-5(7(9)11-3)6(2)8(10)12-4;1-5-7(2,3)6(8)9-4/h5-9,12-19,21-22,30H,10-11,20H2,1-4H3;5-12,15-16,22H,4,13-14H2,1-3H3;7-11H,6H2,1-5H3;5-9H,4H2,1-3H3;5-6H,1-4H3;5H2,1-4H3. The normalized spacial score (nSPS) is 12.9. The van der Waals surface area contributed by atoms with E-state index in [2.05, 4.69) is 77.4 Å². The van der Waals surface area contributed by atoms with Crippen LogP contribution in [-0.4, -0.2) is 101 Å². The quantitative estimate of drug-likeness (QED) is 0.0314. The maximum atomic E-state index is 12.3. The molecule has 0 spiro atoms. The minimum absolute atomic E-state index is 0.100. The van der Waals surface area contributed by atoms with Gasteiger partial charge in [0.2, 0.25) is 0 Å². The van der Waals surface area contributed by atoms with Gasteiger partial charge in [-0.2, -0.15) is 0 Å². The number of hydrogen-bond donors (Lipinski definition) is 2. The molecule has 110 heavy (non-hydrogen) atoms. The van der Waals surface area contributed by atoms with E-state index >= 15 is 0 Å². The number of esters is 7. The Kier molecular flexibility index (Phi) is 42.4. The highest BCUT2D eigenvalue weighted by molar-refractivity contribution is 5.89. The summed E-state index contributed by atoms with van der Waals surface area (Å²) in [4.78, 5) is 79.6. The van der Waals surface area contributed by atoms with Crippen LogP contribution in [-0.2, 0) is 73.1 Å². The number of carbonyl (C=O) groups is 7. The lowest BCUT2D eigenvalue weighted by Gasteiger charge is -2.30. The van der Waals surface area contributed by atoms with Gasteiger partial charge in [0.05, 0.1) is 63.8 Å². The first-order chi connectivity index (χ1) is 51.9. The number of carbonyl (C=O) groups excluding carboxylic acids is 7. The third kappa shape index (κ3) is 33.1. The zero-order valence-corrected chi connectivity index (χ0v) is 69.7. The summed E-state index contributed by atoms with van der Waals surface area (Å²) in [6, 6.07) is 57.8. The summed E-state index contributed by atoms with van der Waals surface area (Å²) in [7, 11) is 6.74. The molecule has 18 nitrogen and oxygen atoms in total. The van der Waals surface area contributed by atoms with Crippen LogP contribution in [0.1, 0.15) is 248 Å². The summed E-state index contributed by atoms with van der Waals surface area (Å²) in [5.74, 6) is 0.803. The molecule has 0 bridgehead atoms. The summed E-state index contributed by atoms with van der Waals surface area (Å²) >= 11 is 0. The van der Waals surface area contributed by atoms with Crippen LogP contribution in [0.3, 0.4) is 0 Å². The minimum atomic E-state index is -0.710. The van der Waals surface area contributed by atoms with Crippen LogP contribution in [0, 0.1) is 22.7 Å². The van der Waals surface area contributed by atoms with Crippen LogP contribution in [0.2, 0.25) is 0 Å². The predicted molar refractivity (Wildman–Crippen MR) is 434 cm³/mol. The van der Waals surface area contributed by atoms with Crippen LogP contribution in [0.4, 0.5) is 0 Å². The molecule has 2 N–H and O–H groups in total. The van der Waals surface area contributed by atoms with Crippen molar-refractivity contribution in [3.05, 3.63) is 226 Å². The largest absolute Gasteiger partial charge is 0.508 e. The second kappa shape index (κ2) is 48.5. The first kappa shape index (κ1) is 96.1. The molecule has 0 fully saturated rings. The van der Waals surface area contributed by atoms with Gasteiger partial charge in [0.25, 0.3) is 0 Å². The van der Waals surface area contributed by atoms with Crippen LogP contribution in [0.5, 0.6) is 23.0 Å². The van der Waals surface area contributed by atoms with E-state index < -0.39 is 52.3 Å². The van der Waals surface area contributed by atoms with E-state index in [9.17, 15) is 43.8 Å². The summed E-state index contributed by atoms with van der Waals surface area (Å²) in [5, 5.41) is 19.6. The third-order valence-corrected chi connectivity index (χ3v) is 20.0. The summed E-state index contributed by atoms with van der Waals surface area (Å²) in [5.41, 5.74) is 6.32. The molecule has 7 aromatic carbocycles. The molecule has 0 amide bonds. The lowest BCUT2D eigenvalue weighted by Crippen LogP contribution is -2.33. The van der Waals surface area contributed by atoms with Crippen molar-refractivity contribution in [2.75, 3.05) is 48.8 Å². The van der Waals surface area contributed by atoms with E-state index in [1.54, 1.807) is 32.0 Å². The fourth-order valence-electron chi connectivity index (χ4n) is 10.9. The van der Waals surface area contributed by atoms with Crippen molar-refractivity contribution >= 4 is 41.8 Å². The van der Waals surface area contributed by atoms with E-state index in [-0.39, 0.29) is 48.4 Å². The summed E-state index contributed by atoms with van der Waals surface area (Å²) in [6.07, 6.45) is 6.64. The fourth-order valence-corrected chi connectivity index (χ4v) is 10.9. The number of para-hydroxylation sites is 2. The van der Waals surface area contributed by atoms with E-state index in [1.807, 2.05) is 221 Å². The van der Waals surface area contributed by atoms with Crippen LogP contribution < -0.4 is 9.47 Å². The second-order valence-electron chi connectivity index (χ2n) is 29.7. The highest BCUT2D eigenvalue weighted by Crippen LogP contribution is 2.39. The van der Waals surface area contributed by atoms with Gasteiger partial charge in [-0.05, 0) is 217 Å². The molecular weight excluding hydrogens is 1390 g/mol. The van der Waals surface area contributed by atoms with Crippen molar-refractivity contribution in [2.45, 2.75) is 210 Å². The Morgan fingerprint density at radius 2 is 0.809 bits per heavy atom. The van der Waals surface area contributed by atoms with Crippen molar-refractivity contribution < 1.29 is 86.4 Å². The van der Waals surface area contributed by atoms with E-state index in [0.717, 1.165) is 67.2 Å². The predicted octanol–water partition coefficient (Wildman–Crippen LogP) is 20.7. The van der Waals surface area contributed by atoms with E-state index in [4.69, 9.17) is 18.9 Å². The second-order valence-corrected chi connectivity index (χ2v) is 29.7. The summed E-state index contributed by atoms with van der Waals surface area (Å²) in [6.45, 7) is 35.2. The first-order valence-corrected chi connectivity index (χ1v) is 37.9. The molecule has 0 radical (unpaired) electrons. The molecule has 602 valence electrons. The van der Waals surface area contributed by atoms with Crippen molar-refractivity contribution in [3.8, 4) is 23.0 Å². The SMILES string of the molecule is CC(CCC(C)c1ccc(OCC(=O)OC(C)(C)c2ccccc2)cc1)c1ccc(O)cc1.CCC(C)(C)C(=O)OC.CCC(C)(C)C(=O)OC(C)(C)c1ccccc1.CCC(C)c1ccc(C(=O)OC)cc1.CCC(CC(C)c1ccccc1OCC(=O)OC)c1ccccc1O.COC(=O)C(C)C(C)C(=O)OC. The molecule has 7 aromatic rings. The van der Waals surface area contributed by atoms with Crippen LogP contribution in [0.15, 0.2) is 182 Å². The van der Waals surface area contributed by atoms with Crippen molar-refractivity contribution in [1.29, 1.82) is 0 Å². The highest BCUT2D eigenvalue weighted by atomic mass is 16.6. The zero-order chi connectivity index (χ0) is 83.0. The van der Waals surface area contributed by atoms with E-state index in [0.29, 0.717) is 46.3 Å². The van der Waals surface area contributed by atoms with Gasteiger partial charge in [0, 0.05) is 0 Å². The molecule has 0 aliphatic rings. The van der Waals surface area contributed by atoms with Crippen LogP contribution >= 0.6 is 0 Å². The Morgan fingerprint density at radius 3 is 1.24 bits per heavy atom. The first-order valence-electron chi connectivity index (χ1n) is 37.9. The molecule has 0 heterocycles. The Bertz CT molecular complexity index is 3820. The monoisotopic (exact) mass is 1520 g/mol. The molecule has 7 atom stereocenters. The van der Waals surface area contributed by atoms with Gasteiger partial charge in [-0.15, -0.1) is 0 Å². The van der Waals surface area contributed by atoms with Gasteiger partial charge in [-0.3, -0.25) is 19.2 Å². The number of rotatable bonds is 30. The lowest BCUT2D eigenvalue weighted by atomic mass is 9.84. The number of phenols is 2. The maximum Gasteiger partial charge on any atom is 0.345 e. The molecule has 0 aromatic heterocycles. The molecule has 0 aliphatic heterocycles. The number of phenolic OH excluding ortho intramolecular Hbond substituents is 2. The Balaban J connectivity index is 0.000000474. The molecular formula is C92H126O18. The van der Waals surface area contributed by atoms with Gasteiger partial charge in [0.15, 0.2) is 13.2 Å². The highest BCUT2D eigenvalue weighted by Gasteiger charge is 2.34. The number of aromatic hydroxyl groups is 2. The number of ether oxygens (including phenoxy) is 9. The molecule has 0 saturated carbocycles. The van der Waals surface area contributed by atoms with Crippen molar-refractivity contribution in [1.82, 2.24) is 0 Å². The molecule has 7 unspecified atom stereocenters. The van der Waals surface area contributed by atoms with Gasteiger partial charge in [0.1, 0.15) is 34.2 Å². The molecule has 0 aliphatic carbocycles. The van der Waals surface area contributed by atoms with Gasteiger partial charge >= 0.3 is 41.8 Å². The van der Waals surface area contributed by atoms with Crippen LogP contribution in [0.25, 0.3) is 0 Å². The Hall–Kier alpha value is -9.97. The Labute approximate surface area is 656 Å². The van der Waals surface area contributed by atoms with Gasteiger partial charge < -0.3 is 52.8 Å². The average molecular weight is 1520 g/mol. The fraction of sp³-hybridized carbons (Fsp3) is 0.467. The molecule has 0 saturated heterocycles. The van der Waals surface area contributed by atoms with Crippen molar-refractivity contribution in [3.63, 3.8) is 0 Å². The minimum Gasteiger partial charge on any atom is -0.508 e. The number of methoxy groups -OCH3 is 5. The Morgan fingerprint density at radius 1 is 0.391 bits per heavy atom. The smallest absolute Gasteiger partial charge is 0.345 e.